The molecule has 1 N–H and O–H groups in total. The normalized spacial score (nSPS) is 21.9. The second-order valence-corrected chi connectivity index (χ2v) is 5.37. The van der Waals surface area contributed by atoms with Gasteiger partial charge in [0, 0.05) is 18.5 Å². The fraction of sp³-hybridized carbons (Fsp3) is 0.385. The average Bonchev–Trinajstić information content (AvgIpc) is 2.82. The molecule has 0 bridgehead atoms. The quantitative estimate of drug-likeness (QED) is 0.821. The summed E-state index contributed by atoms with van der Waals surface area (Å²) in [6, 6.07) is 3.03. The van der Waals surface area contributed by atoms with Crippen LogP contribution in [0.2, 0.25) is 0 Å². The lowest BCUT2D eigenvalue weighted by Crippen LogP contribution is -2.41. The molecule has 20 heavy (non-hydrogen) atoms. The molecule has 1 aliphatic heterocycles. The Bertz CT molecular complexity index is 551. The monoisotopic (exact) mass is 345 g/mol. The second kappa shape index (κ2) is 5.88. The number of nitrogens with zero attached hydrogens (tertiary/aromatic N) is 1. The summed E-state index contributed by atoms with van der Waals surface area (Å²) in [5.74, 6) is -1.50. The molecular weight excluding hydrogens is 333 g/mol. The van der Waals surface area contributed by atoms with Gasteiger partial charge in [0.05, 0.1) is 17.7 Å². The molecule has 0 aromatic heterocycles. The minimum Gasteiger partial charge on any atom is -0.467 e. The van der Waals surface area contributed by atoms with E-state index >= 15 is 0 Å². The van der Waals surface area contributed by atoms with E-state index in [-0.39, 0.29) is 23.0 Å². The minimum atomic E-state index is -0.814. The van der Waals surface area contributed by atoms with E-state index in [0.29, 0.717) is 0 Å². The highest BCUT2D eigenvalue weighted by molar-refractivity contribution is 9.10. The van der Waals surface area contributed by atoms with E-state index in [0.717, 1.165) is 6.07 Å². The highest BCUT2D eigenvalue weighted by Crippen LogP contribution is 2.24. The van der Waals surface area contributed by atoms with Gasteiger partial charge >= 0.3 is 5.97 Å². The van der Waals surface area contributed by atoms with Gasteiger partial charge in [-0.2, -0.15) is 0 Å². The summed E-state index contributed by atoms with van der Waals surface area (Å²) in [4.78, 5) is 25.2. The van der Waals surface area contributed by atoms with E-state index in [1.165, 1.54) is 24.1 Å². The van der Waals surface area contributed by atoms with Crippen molar-refractivity contribution in [2.24, 2.45) is 0 Å². The Labute approximate surface area is 123 Å². The first kappa shape index (κ1) is 14.9. The fourth-order valence-corrected chi connectivity index (χ4v) is 2.57. The Morgan fingerprint density at radius 1 is 1.50 bits per heavy atom. The number of carbonyl (C=O) groups is 2. The summed E-state index contributed by atoms with van der Waals surface area (Å²) in [6.45, 7) is 0.0492. The number of amides is 1. The number of hydrogen-bond donors (Lipinski definition) is 1. The van der Waals surface area contributed by atoms with Gasteiger partial charge in [-0.1, -0.05) is 0 Å². The van der Waals surface area contributed by atoms with Crippen LogP contribution in [0, 0.1) is 5.82 Å². The van der Waals surface area contributed by atoms with E-state index in [1.807, 2.05) is 0 Å². The number of esters is 1. The second-order valence-electron chi connectivity index (χ2n) is 4.51. The van der Waals surface area contributed by atoms with Crippen molar-refractivity contribution in [2.45, 2.75) is 18.6 Å². The minimum absolute atomic E-state index is 0.0492. The molecule has 0 aliphatic carbocycles. The molecule has 0 saturated carbocycles. The van der Waals surface area contributed by atoms with Gasteiger partial charge in [-0.15, -0.1) is 0 Å². The van der Waals surface area contributed by atoms with Gasteiger partial charge in [0.15, 0.2) is 0 Å². The number of carbonyl (C=O) groups excluding carboxylic acids is 2. The summed E-state index contributed by atoms with van der Waals surface area (Å²) < 4.78 is 18.0. The average molecular weight is 346 g/mol. The van der Waals surface area contributed by atoms with E-state index in [4.69, 9.17) is 0 Å². The molecule has 1 heterocycles. The molecule has 108 valence electrons. The SMILES string of the molecule is COC(=O)C1CC(O)CN1C(=O)c1ccc(F)c(Br)c1. The molecule has 2 rings (SSSR count). The topological polar surface area (TPSA) is 66.8 Å². The zero-order chi connectivity index (χ0) is 14.9. The number of rotatable bonds is 2. The number of methoxy groups -OCH3 is 1. The number of ether oxygens (including phenoxy) is 1. The smallest absolute Gasteiger partial charge is 0.328 e. The van der Waals surface area contributed by atoms with Crippen molar-refractivity contribution in [1.29, 1.82) is 0 Å². The zero-order valence-electron chi connectivity index (χ0n) is 10.7. The van der Waals surface area contributed by atoms with Crippen molar-refractivity contribution in [3.05, 3.63) is 34.1 Å². The Kier molecular flexibility index (Phi) is 4.39. The Hall–Kier alpha value is -1.47. The number of aliphatic hydroxyl groups is 1. The van der Waals surface area contributed by atoms with Crippen LogP contribution in [0.1, 0.15) is 16.8 Å². The molecule has 1 amide bonds. The van der Waals surface area contributed by atoms with Crippen LogP contribution in [0.5, 0.6) is 0 Å². The number of β-amino-alcohol motifs (C(OH)–C–C–N with tert-alkyl or cyclic N) is 1. The summed E-state index contributed by atoms with van der Waals surface area (Å²) in [5, 5.41) is 9.64. The van der Waals surface area contributed by atoms with Gasteiger partial charge in [-0.05, 0) is 34.1 Å². The van der Waals surface area contributed by atoms with Crippen molar-refractivity contribution < 1.29 is 23.8 Å². The lowest BCUT2D eigenvalue weighted by molar-refractivity contribution is -0.145. The maximum absolute atomic E-state index is 13.2. The lowest BCUT2D eigenvalue weighted by atomic mass is 10.1. The number of halogens is 2. The number of likely N-dealkylation sites (tertiary alicyclic amines) is 1. The van der Waals surface area contributed by atoms with E-state index in [9.17, 15) is 19.1 Å². The van der Waals surface area contributed by atoms with Crippen LogP contribution in [-0.2, 0) is 9.53 Å². The van der Waals surface area contributed by atoms with Crippen molar-refractivity contribution >= 4 is 27.8 Å². The van der Waals surface area contributed by atoms with Gasteiger partial charge in [0.25, 0.3) is 5.91 Å². The van der Waals surface area contributed by atoms with E-state index < -0.39 is 29.8 Å². The molecule has 1 aliphatic rings. The summed E-state index contributed by atoms with van der Waals surface area (Å²) in [7, 11) is 1.23. The molecule has 0 radical (unpaired) electrons. The van der Waals surface area contributed by atoms with E-state index in [1.54, 1.807) is 0 Å². The molecule has 1 aromatic rings. The van der Waals surface area contributed by atoms with Crippen LogP contribution in [0.3, 0.4) is 0 Å². The molecule has 1 aromatic carbocycles. The Morgan fingerprint density at radius 2 is 2.20 bits per heavy atom. The Morgan fingerprint density at radius 3 is 2.80 bits per heavy atom. The third-order valence-electron chi connectivity index (χ3n) is 3.18. The van der Waals surface area contributed by atoms with Crippen LogP contribution >= 0.6 is 15.9 Å². The molecule has 2 unspecified atom stereocenters. The molecule has 7 heteroatoms. The van der Waals surface area contributed by atoms with Gasteiger partial charge in [-0.3, -0.25) is 4.79 Å². The van der Waals surface area contributed by atoms with Crippen molar-refractivity contribution in [1.82, 2.24) is 4.90 Å². The lowest BCUT2D eigenvalue weighted by Gasteiger charge is -2.22. The molecule has 1 saturated heterocycles. The van der Waals surface area contributed by atoms with Crippen molar-refractivity contribution in [3.8, 4) is 0 Å². The maximum Gasteiger partial charge on any atom is 0.328 e. The van der Waals surface area contributed by atoms with Crippen LogP contribution < -0.4 is 0 Å². The third kappa shape index (κ3) is 2.83. The van der Waals surface area contributed by atoms with Crippen molar-refractivity contribution in [2.75, 3.05) is 13.7 Å². The highest BCUT2D eigenvalue weighted by atomic mass is 79.9. The van der Waals surface area contributed by atoms with Gasteiger partial charge in [0.2, 0.25) is 0 Å². The van der Waals surface area contributed by atoms with Gasteiger partial charge < -0.3 is 14.7 Å². The molecule has 2 atom stereocenters. The van der Waals surface area contributed by atoms with Gasteiger partial charge in [0.1, 0.15) is 11.9 Å². The molecular formula is C13H13BrFNO4. The summed E-state index contributed by atoms with van der Waals surface area (Å²) >= 11 is 3.01. The van der Waals surface area contributed by atoms with Crippen LogP contribution in [0.4, 0.5) is 4.39 Å². The standard InChI is InChI=1S/C13H13BrFNO4/c1-20-13(19)11-5-8(17)6-16(11)12(18)7-2-3-10(15)9(14)4-7/h2-4,8,11,17H,5-6H2,1H3. The number of aliphatic hydroxyl groups excluding tert-OH is 1. The van der Waals surface area contributed by atoms with Crippen LogP contribution in [0.25, 0.3) is 0 Å². The first-order chi connectivity index (χ1) is 9.43. The van der Waals surface area contributed by atoms with Crippen molar-refractivity contribution in [3.63, 3.8) is 0 Å². The zero-order valence-corrected chi connectivity index (χ0v) is 12.3. The van der Waals surface area contributed by atoms with E-state index in [2.05, 4.69) is 20.7 Å². The molecule has 1 fully saturated rings. The van der Waals surface area contributed by atoms with Gasteiger partial charge in [-0.25, -0.2) is 9.18 Å². The largest absolute Gasteiger partial charge is 0.467 e. The maximum atomic E-state index is 13.2. The number of benzene rings is 1. The molecule has 0 spiro atoms. The number of hydrogen-bond acceptors (Lipinski definition) is 4. The third-order valence-corrected chi connectivity index (χ3v) is 3.79. The Balaban J connectivity index is 2.26. The predicted molar refractivity (Wildman–Crippen MR) is 71.6 cm³/mol. The first-order valence-electron chi connectivity index (χ1n) is 5.96. The molecule has 5 nitrogen and oxygen atoms in total. The summed E-state index contributed by atoms with van der Waals surface area (Å²) in [6.07, 6.45) is -0.632. The fourth-order valence-electron chi connectivity index (χ4n) is 2.19. The predicted octanol–water partition coefficient (Wildman–Crippen LogP) is 1.34. The first-order valence-corrected chi connectivity index (χ1v) is 6.75. The summed E-state index contributed by atoms with van der Waals surface area (Å²) in [5.41, 5.74) is 0.237. The van der Waals surface area contributed by atoms with Crippen LogP contribution in [0.15, 0.2) is 22.7 Å². The van der Waals surface area contributed by atoms with Crippen LogP contribution in [-0.4, -0.2) is 47.7 Å². The highest BCUT2D eigenvalue weighted by Gasteiger charge is 2.39.